The molecule has 1 fully saturated rings. The maximum absolute atomic E-state index is 12.4. The molecule has 1 heterocycles. The fourth-order valence-electron chi connectivity index (χ4n) is 3.22. The summed E-state index contributed by atoms with van der Waals surface area (Å²) in [5, 5.41) is 3.03. The molecule has 3 nitrogen and oxygen atoms in total. The molecular formula is C21H26N2O. The third kappa shape index (κ3) is 4.24. The molecule has 24 heavy (non-hydrogen) atoms. The Balaban J connectivity index is 1.56. The molecule has 2 aromatic rings. The number of likely N-dealkylation sites (tertiary alicyclic amines) is 1. The molecule has 1 N–H and O–H groups in total. The normalized spacial score (nSPS) is 14.8. The second kappa shape index (κ2) is 7.63. The molecule has 1 aliphatic heterocycles. The number of carbonyl (C=O) groups excluding carboxylic acids is 1. The Morgan fingerprint density at radius 3 is 2.38 bits per heavy atom. The van der Waals surface area contributed by atoms with Gasteiger partial charge in [-0.05, 0) is 62.5 Å². The minimum atomic E-state index is -0.00246. The zero-order valence-corrected chi connectivity index (χ0v) is 14.6. The van der Waals surface area contributed by atoms with Crippen LogP contribution in [0.4, 0.5) is 0 Å². The predicted molar refractivity (Wildman–Crippen MR) is 98.0 cm³/mol. The molecule has 0 bridgehead atoms. The summed E-state index contributed by atoms with van der Waals surface area (Å²) >= 11 is 0. The van der Waals surface area contributed by atoms with E-state index in [0.717, 1.165) is 28.8 Å². The van der Waals surface area contributed by atoms with Crippen LogP contribution in [0.3, 0.4) is 0 Å². The lowest BCUT2D eigenvalue weighted by Crippen LogP contribution is -2.23. The van der Waals surface area contributed by atoms with Gasteiger partial charge in [0.2, 0.25) is 0 Å². The van der Waals surface area contributed by atoms with Crippen molar-refractivity contribution in [2.75, 3.05) is 13.1 Å². The van der Waals surface area contributed by atoms with Crippen LogP contribution in [-0.2, 0) is 13.1 Å². The molecule has 0 aliphatic carbocycles. The molecule has 3 rings (SSSR count). The first-order chi connectivity index (χ1) is 11.6. The molecule has 1 amide bonds. The van der Waals surface area contributed by atoms with Crippen LogP contribution in [0.5, 0.6) is 0 Å². The van der Waals surface area contributed by atoms with Crippen molar-refractivity contribution < 1.29 is 4.79 Å². The maximum Gasteiger partial charge on any atom is 0.251 e. The summed E-state index contributed by atoms with van der Waals surface area (Å²) in [5.74, 6) is -0.00246. The molecule has 0 radical (unpaired) electrons. The van der Waals surface area contributed by atoms with Crippen molar-refractivity contribution in [3.63, 3.8) is 0 Å². The fraction of sp³-hybridized carbons (Fsp3) is 0.381. The number of amides is 1. The third-order valence-electron chi connectivity index (χ3n) is 4.72. The Kier molecular flexibility index (Phi) is 5.31. The van der Waals surface area contributed by atoms with Crippen molar-refractivity contribution >= 4 is 5.91 Å². The number of nitrogens with zero attached hydrogens (tertiary/aromatic N) is 1. The van der Waals surface area contributed by atoms with Gasteiger partial charge in [0.1, 0.15) is 0 Å². The zero-order chi connectivity index (χ0) is 16.9. The average molecular weight is 322 g/mol. The minimum Gasteiger partial charge on any atom is -0.348 e. The Morgan fingerprint density at radius 2 is 1.67 bits per heavy atom. The highest BCUT2D eigenvalue weighted by Crippen LogP contribution is 2.14. The summed E-state index contributed by atoms with van der Waals surface area (Å²) in [6, 6.07) is 14.6. The number of nitrogens with one attached hydrogen (secondary N) is 1. The lowest BCUT2D eigenvalue weighted by atomic mass is 10.0. The van der Waals surface area contributed by atoms with Gasteiger partial charge >= 0.3 is 0 Å². The van der Waals surface area contributed by atoms with Gasteiger partial charge in [0.15, 0.2) is 0 Å². The van der Waals surface area contributed by atoms with E-state index in [-0.39, 0.29) is 5.91 Å². The highest BCUT2D eigenvalue weighted by Gasteiger charge is 2.12. The summed E-state index contributed by atoms with van der Waals surface area (Å²) in [6.07, 6.45) is 2.64. The van der Waals surface area contributed by atoms with Gasteiger partial charge < -0.3 is 5.32 Å². The van der Waals surface area contributed by atoms with Crippen LogP contribution in [0.1, 0.15) is 45.5 Å². The first kappa shape index (κ1) is 16.7. The number of carbonyl (C=O) groups is 1. The van der Waals surface area contributed by atoms with Crippen molar-refractivity contribution in [2.24, 2.45) is 0 Å². The van der Waals surface area contributed by atoms with Crippen molar-refractivity contribution in [3.05, 3.63) is 70.3 Å². The second-order valence-electron chi connectivity index (χ2n) is 6.80. The zero-order valence-electron chi connectivity index (χ0n) is 14.6. The summed E-state index contributed by atoms with van der Waals surface area (Å²) in [5.41, 5.74) is 5.37. The molecule has 2 aromatic carbocycles. The van der Waals surface area contributed by atoms with Crippen LogP contribution in [0, 0.1) is 13.8 Å². The number of aryl methyl sites for hydroxylation is 2. The molecular weight excluding hydrogens is 296 g/mol. The number of benzene rings is 2. The highest BCUT2D eigenvalue weighted by molar-refractivity contribution is 5.95. The lowest BCUT2D eigenvalue weighted by Gasteiger charge is -2.15. The monoisotopic (exact) mass is 322 g/mol. The quantitative estimate of drug-likeness (QED) is 0.907. The van der Waals surface area contributed by atoms with E-state index in [2.05, 4.69) is 34.5 Å². The van der Waals surface area contributed by atoms with E-state index >= 15 is 0 Å². The van der Waals surface area contributed by atoms with Gasteiger partial charge in [0, 0.05) is 18.7 Å². The van der Waals surface area contributed by atoms with Crippen LogP contribution >= 0.6 is 0 Å². The van der Waals surface area contributed by atoms with Gasteiger partial charge in [0.25, 0.3) is 5.91 Å². The highest BCUT2D eigenvalue weighted by atomic mass is 16.1. The van der Waals surface area contributed by atoms with Crippen LogP contribution in [-0.4, -0.2) is 23.9 Å². The summed E-state index contributed by atoms with van der Waals surface area (Å²) in [4.78, 5) is 14.9. The minimum absolute atomic E-state index is 0.00246. The molecule has 126 valence electrons. The van der Waals surface area contributed by atoms with Crippen molar-refractivity contribution in [1.82, 2.24) is 10.2 Å². The lowest BCUT2D eigenvalue weighted by molar-refractivity contribution is 0.0950. The fourth-order valence-corrected chi connectivity index (χ4v) is 3.22. The Hall–Kier alpha value is -2.13. The topological polar surface area (TPSA) is 32.3 Å². The smallest absolute Gasteiger partial charge is 0.251 e. The van der Waals surface area contributed by atoms with Crippen molar-refractivity contribution in [2.45, 2.75) is 39.8 Å². The van der Waals surface area contributed by atoms with E-state index in [1.807, 2.05) is 32.0 Å². The van der Waals surface area contributed by atoms with E-state index < -0.39 is 0 Å². The standard InChI is InChI=1S/C21H26N2O/c1-16-5-6-17(2)20(13-16)21(24)22-14-18-7-9-19(10-8-18)15-23-11-3-4-12-23/h5-10,13H,3-4,11-12,14-15H2,1-2H3,(H,22,24). The van der Waals surface area contributed by atoms with Crippen molar-refractivity contribution in [3.8, 4) is 0 Å². The largest absolute Gasteiger partial charge is 0.348 e. The van der Waals surface area contributed by atoms with Gasteiger partial charge in [-0.3, -0.25) is 9.69 Å². The molecule has 3 heteroatoms. The Morgan fingerprint density at radius 1 is 1.00 bits per heavy atom. The summed E-state index contributed by atoms with van der Waals surface area (Å²) in [7, 11) is 0. The van der Waals surface area contributed by atoms with Gasteiger partial charge in [-0.1, -0.05) is 42.0 Å². The van der Waals surface area contributed by atoms with E-state index in [1.54, 1.807) is 0 Å². The predicted octanol–water partition coefficient (Wildman–Crippen LogP) is 3.83. The first-order valence-corrected chi connectivity index (χ1v) is 8.77. The van der Waals surface area contributed by atoms with Crippen LogP contribution in [0.2, 0.25) is 0 Å². The van der Waals surface area contributed by atoms with Gasteiger partial charge in [-0.2, -0.15) is 0 Å². The van der Waals surface area contributed by atoms with E-state index in [4.69, 9.17) is 0 Å². The molecule has 0 spiro atoms. The van der Waals surface area contributed by atoms with E-state index in [9.17, 15) is 4.79 Å². The molecule has 0 unspecified atom stereocenters. The van der Waals surface area contributed by atoms with Gasteiger partial charge in [0.05, 0.1) is 0 Å². The number of hydrogen-bond acceptors (Lipinski definition) is 2. The third-order valence-corrected chi connectivity index (χ3v) is 4.72. The number of hydrogen-bond donors (Lipinski definition) is 1. The Labute approximate surface area is 144 Å². The molecule has 0 aromatic heterocycles. The Bertz CT molecular complexity index is 700. The van der Waals surface area contributed by atoms with Gasteiger partial charge in [-0.25, -0.2) is 0 Å². The summed E-state index contributed by atoms with van der Waals surface area (Å²) in [6.45, 7) is 8.02. The van der Waals surface area contributed by atoms with Crippen LogP contribution in [0.25, 0.3) is 0 Å². The molecule has 1 aliphatic rings. The van der Waals surface area contributed by atoms with Crippen LogP contribution in [0.15, 0.2) is 42.5 Å². The maximum atomic E-state index is 12.4. The molecule has 0 saturated carbocycles. The van der Waals surface area contributed by atoms with Gasteiger partial charge in [-0.15, -0.1) is 0 Å². The van der Waals surface area contributed by atoms with Crippen molar-refractivity contribution in [1.29, 1.82) is 0 Å². The SMILES string of the molecule is Cc1ccc(C)c(C(=O)NCc2ccc(CN3CCCC3)cc2)c1. The van der Waals surface area contributed by atoms with E-state index in [0.29, 0.717) is 6.54 Å². The van der Waals surface area contributed by atoms with Crippen LogP contribution < -0.4 is 5.32 Å². The second-order valence-corrected chi connectivity index (χ2v) is 6.80. The number of rotatable bonds is 5. The summed E-state index contributed by atoms with van der Waals surface area (Å²) < 4.78 is 0. The van der Waals surface area contributed by atoms with E-state index in [1.165, 1.54) is 31.5 Å². The average Bonchev–Trinajstić information content (AvgIpc) is 3.09. The molecule has 1 saturated heterocycles. The molecule has 0 atom stereocenters. The first-order valence-electron chi connectivity index (χ1n) is 8.77.